The molecule has 2 rings (SSSR count). The van der Waals surface area contributed by atoms with Crippen LogP contribution in [0.2, 0.25) is 10.0 Å². The number of hydrogen-bond donors (Lipinski definition) is 2. The van der Waals surface area contributed by atoms with Gasteiger partial charge in [0.1, 0.15) is 0 Å². The van der Waals surface area contributed by atoms with Crippen LogP contribution in [0, 0.1) is 0 Å². The number of hydrogen-bond acceptors (Lipinski definition) is 4. The van der Waals surface area contributed by atoms with Gasteiger partial charge in [-0.25, -0.2) is 14.8 Å². The lowest BCUT2D eigenvalue weighted by Crippen LogP contribution is -2.17. The van der Waals surface area contributed by atoms with Gasteiger partial charge >= 0.3 is 5.97 Å². The molecule has 0 unspecified atom stereocenters. The Hall–Kier alpha value is -2.18. The van der Waals surface area contributed by atoms with Gasteiger partial charge in [-0.05, 0) is 18.2 Å². The molecule has 0 bridgehead atoms. The van der Waals surface area contributed by atoms with E-state index in [1.807, 2.05) is 0 Å². The molecule has 0 radical (unpaired) electrons. The Morgan fingerprint density at radius 1 is 1.05 bits per heavy atom. The van der Waals surface area contributed by atoms with Crippen molar-refractivity contribution in [3.8, 4) is 0 Å². The molecule has 102 valence electrons. The SMILES string of the molecule is O=C(Nc1nccnc1C(=O)O)c1cc(Cl)cc(Cl)c1. The van der Waals surface area contributed by atoms with E-state index in [2.05, 4.69) is 15.3 Å². The molecular formula is C12H7Cl2N3O3. The molecule has 0 aliphatic heterocycles. The minimum absolute atomic E-state index is 0.152. The topological polar surface area (TPSA) is 92.2 Å². The van der Waals surface area contributed by atoms with E-state index in [0.29, 0.717) is 10.0 Å². The van der Waals surface area contributed by atoms with Gasteiger partial charge in [-0.1, -0.05) is 23.2 Å². The number of anilines is 1. The number of aromatic carboxylic acids is 1. The summed E-state index contributed by atoms with van der Waals surface area (Å²) < 4.78 is 0. The van der Waals surface area contributed by atoms with E-state index in [4.69, 9.17) is 28.3 Å². The molecule has 6 nitrogen and oxygen atoms in total. The third-order valence-electron chi connectivity index (χ3n) is 2.26. The van der Waals surface area contributed by atoms with E-state index >= 15 is 0 Å². The number of nitrogens with one attached hydrogen (secondary N) is 1. The molecule has 1 amide bonds. The molecule has 2 aromatic rings. The standard InChI is InChI=1S/C12H7Cl2N3O3/c13-7-3-6(4-8(14)5-7)11(18)17-10-9(12(19)20)15-1-2-16-10/h1-5H,(H,19,20)(H,16,17,18). The molecule has 0 aliphatic rings. The number of carboxylic acids is 1. The Bertz CT molecular complexity index is 671. The number of benzene rings is 1. The van der Waals surface area contributed by atoms with Gasteiger partial charge in [0.2, 0.25) is 0 Å². The molecule has 0 saturated heterocycles. The minimum atomic E-state index is -1.29. The van der Waals surface area contributed by atoms with Crippen molar-refractivity contribution in [2.24, 2.45) is 0 Å². The fourth-order valence-electron chi connectivity index (χ4n) is 1.45. The molecule has 0 fully saturated rings. The Kier molecular flexibility index (Phi) is 4.16. The van der Waals surface area contributed by atoms with Crippen LogP contribution in [0.1, 0.15) is 20.8 Å². The third-order valence-corrected chi connectivity index (χ3v) is 2.69. The lowest BCUT2D eigenvalue weighted by atomic mass is 10.2. The molecule has 0 spiro atoms. The normalized spacial score (nSPS) is 10.1. The predicted molar refractivity (Wildman–Crippen MR) is 73.4 cm³/mol. The Morgan fingerprint density at radius 2 is 1.65 bits per heavy atom. The number of carbonyl (C=O) groups is 2. The highest BCUT2D eigenvalue weighted by molar-refractivity contribution is 6.35. The number of aromatic nitrogens is 2. The highest BCUT2D eigenvalue weighted by Gasteiger charge is 2.16. The van der Waals surface area contributed by atoms with Crippen molar-refractivity contribution >= 4 is 40.9 Å². The summed E-state index contributed by atoms with van der Waals surface area (Å²) in [6.45, 7) is 0. The molecule has 1 heterocycles. The fraction of sp³-hybridized carbons (Fsp3) is 0. The number of halogens is 2. The summed E-state index contributed by atoms with van der Waals surface area (Å²) in [7, 11) is 0. The second-order valence-electron chi connectivity index (χ2n) is 3.67. The zero-order valence-electron chi connectivity index (χ0n) is 9.80. The molecular weight excluding hydrogens is 305 g/mol. The Labute approximate surface area is 123 Å². The maximum Gasteiger partial charge on any atom is 0.358 e. The molecule has 0 aliphatic carbocycles. The van der Waals surface area contributed by atoms with E-state index < -0.39 is 11.9 Å². The van der Waals surface area contributed by atoms with E-state index in [0.717, 1.165) is 0 Å². The van der Waals surface area contributed by atoms with Crippen LogP contribution in [0.25, 0.3) is 0 Å². The summed E-state index contributed by atoms with van der Waals surface area (Å²) in [4.78, 5) is 30.4. The first-order valence-corrected chi connectivity index (χ1v) is 6.04. The highest BCUT2D eigenvalue weighted by Crippen LogP contribution is 2.20. The van der Waals surface area contributed by atoms with Gasteiger partial charge in [0.15, 0.2) is 11.5 Å². The van der Waals surface area contributed by atoms with Crippen molar-refractivity contribution in [1.29, 1.82) is 0 Å². The van der Waals surface area contributed by atoms with E-state index in [9.17, 15) is 9.59 Å². The summed E-state index contributed by atoms with van der Waals surface area (Å²) in [5.74, 6) is -2.03. The molecule has 1 aromatic carbocycles. The van der Waals surface area contributed by atoms with Crippen molar-refractivity contribution in [3.63, 3.8) is 0 Å². The minimum Gasteiger partial charge on any atom is -0.476 e. The van der Waals surface area contributed by atoms with Gasteiger partial charge in [0.25, 0.3) is 5.91 Å². The van der Waals surface area contributed by atoms with Crippen molar-refractivity contribution in [3.05, 3.63) is 51.9 Å². The fourth-order valence-corrected chi connectivity index (χ4v) is 1.98. The van der Waals surface area contributed by atoms with Crippen LogP contribution < -0.4 is 5.32 Å². The highest BCUT2D eigenvalue weighted by atomic mass is 35.5. The largest absolute Gasteiger partial charge is 0.476 e. The van der Waals surface area contributed by atoms with E-state index in [-0.39, 0.29) is 17.1 Å². The van der Waals surface area contributed by atoms with Gasteiger partial charge in [0, 0.05) is 28.0 Å². The smallest absolute Gasteiger partial charge is 0.358 e. The van der Waals surface area contributed by atoms with Crippen LogP contribution in [0.5, 0.6) is 0 Å². The van der Waals surface area contributed by atoms with Crippen molar-refractivity contribution in [2.45, 2.75) is 0 Å². The number of carbonyl (C=O) groups excluding carboxylic acids is 1. The molecule has 1 aromatic heterocycles. The van der Waals surface area contributed by atoms with Gasteiger partial charge in [-0.3, -0.25) is 4.79 Å². The van der Waals surface area contributed by atoms with E-state index in [1.165, 1.54) is 30.6 Å². The summed E-state index contributed by atoms with van der Waals surface area (Å²) in [6.07, 6.45) is 2.49. The zero-order valence-corrected chi connectivity index (χ0v) is 11.3. The van der Waals surface area contributed by atoms with Crippen LogP contribution in [0.4, 0.5) is 5.82 Å². The summed E-state index contributed by atoms with van der Waals surface area (Å²) >= 11 is 11.6. The van der Waals surface area contributed by atoms with Crippen LogP contribution in [0.15, 0.2) is 30.6 Å². The lowest BCUT2D eigenvalue weighted by molar-refractivity contribution is 0.0691. The molecule has 8 heteroatoms. The third kappa shape index (κ3) is 3.23. The van der Waals surface area contributed by atoms with Crippen LogP contribution in [-0.4, -0.2) is 27.0 Å². The molecule has 20 heavy (non-hydrogen) atoms. The van der Waals surface area contributed by atoms with Gasteiger partial charge < -0.3 is 10.4 Å². The molecule has 2 N–H and O–H groups in total. The number of rotatable bonds is 3. The van der Waals surface area contributed by atoms with Gasteiger partial charge in [-0.15, -0.1) is 0 Å². The lowest BCUT2D eigenvalue weighted by Gasteiger charge is -2.07. The Balaban J connectivity index is 2.30. The second-order valence-corrected chi connectivity index (χ2v) is 4.54. The number of nitrogens with zero attached hydrogens (tertiary/aromatic N) is 2. The maximum atomic E-state index is 12.0. The van der Waals surface area contributed by atoms with Gasteiger partial charge in [0.05, 0.1) is 0 Å². The number of amides is 1. The quantitative estimate of drug-likeness (QED) is 0.909. The maximum absolute atomic E-state index is 12.0. The van der Waals surface area contributed by atoms with Crippen molar-refractivity contribution in [2.75, 3.05) is 5.32 Å². The van der Waals surface area contributed by atoms with Crippen molar-refractivity contribution in [1.82, 2.24) is 9.97 Å². The summed E-state index contributed by atoms with van der Waals surface area (Å²) in [5.41, 5.74) is -0.168. The van der Waals surface area contributed by atoms with E-state index in [1.54, 1.807) is 0 Å². The van der Waals surface area contributed by atoms with Crippen LogP contribution in [-0.2, 0) is 0 Å². The van der Waals surface area contributed by atoms with Gasteiger partial charge in [-0.2, -0.15) is 0 Å². The first-order valence-electron chi connectivity index (χ1n) is 5.29. The van der Waals surface area contributed by atoms with Crippen molar-refractivity contribution < 1.29 is 14.7 Å². The number of carboxylic acid groups (broad SMARTS) is 1. The molecule has 0 saturated carbocycles. The Morgan fingerprint density at radius 3 is 2.25 bits per heavy atom. The first-order chi connectivity index (χ1) is 9.47. The average molecular weight is 312 g/mol. The van der Waals surface area contributed by atoms with Crippen LogP contribution in [0.3, 0.4) is 0 Å². The predicted octanol–water partition coefficient (Wildman–Crippen LogP) is 2.73. The molecule has 0 atom stereocenters. The summed E-state index contributed by atoms with van der Waals surface area (Å²) in [6, 6.07) is 4.28. The summed E-state index contributed by atoms with van der Waals surface area (Å²) in [5, 5.41) is 11.9. The average Bonchev–Trinajstić information content (AvgIpc) is 2.37. The monoisotopic (exact) mass is 311 g/mol. The first kappa shape index (κ1) is 14.2. The second kappa shape index (κ2) is 5.85. The zero-order chi connectivity index (χ0) is 14.7. The van der Waals surface area contributed by atoms with Crippen LogP contribution >= 0.6 is 23.2 Å².